The van der Waals surface area contributed by atoms with Gasteiger partial charge in [0.25, 0.3) is 0 Å². The van der Waals surface area contributed by atoms with Crippen LogP contribution < -0.4 is 19.9 Å². The van der Waals surface area contributed by atoms with Crippen LogP contribution in [0.3, 0.4) is 0 Å². The Balaban J connectivity index is 2.34. The van der Waals surface area contributed by atoms with E-state index in [1.807, 2.05) is 13.8 Å². The van der Waals surface area contributed by atoms with Gasteiger partial charge in [0.1, 0.15) is 24.0 Å². The van der Waals surface area contributed by atoms with Crippen molar-refractivity contribution in [2.75, 3.05) is 6.61 Å². The van der Waals surface area contributed by atoms with Crippen LogP contribution in [0.5, 0.6) is 17.2 Å². The number of hydrogen-bond acceptors (Lipinski definition) is 11. The summed E-state index contributed by atoms with van der Waals surface area (Å²) in [5.74, 6) is -3.02. The van der Waals surface area contributed by atoms with Crippen molar-refractivity contribution in [3.05, 3.63) is 54.1 Å². The molecule has 4 unspecified atom stereocenters. The Hall–Kier alpha value is -4.32. The van der Waals surface area contributed by atoms with Crippen LogP contribution >= 0.6 is 0 Å². The van der Waals surface area contributed by atoms with Gasteiger partial charge in [-0.2, -0.15) is 0 Å². The molecule has 41 heavy (non-hydrogen) atoms. The fourth-order valence-electron chi connectivity index (χ4n) is 3.58. The van der Waals surface area contributed by atoms with Crippen LogP contribution in [-0.4, -0.2) is 54.4 Å². The highest BCUT2D eigenvalue weighted by Crippen LogP contribution is 2.36. The number of nitrogens with two attached hydrogens (primary N) is 1. The Morgan fingerprint density at radius 2 is 1.34 bits per heavy atom. The van der Waals surface area contributed by atoms with E-state index in [0.29, 0.717) is 18.4 Å². The summed E-state index contributed by atoms with van der Waals surface area (Å²) in [4.78, 5) is 48.8. The zero-order valence-electron chi connectivity index (χ0n) is 23.7. The molecule has 0 spiro atoms. The molecule has 0 aromatic heterocycles. The predicted molar refractivity (Wildman–Crippen MR) is 146 cm³/mol. The molecule has 224 valence electrons. The summed E-state index contributed by atoms with van der Waals surface area (Å²) < 4.78 is 31.2. The van der Waals surface area contributed by atoms with E-state index in [0.717, 1.165) is 0 Å². The lowest BCUT2D eigenvalue weighted by Crippen LogP contribution is -2.40. The molecule has 0 bridgehead atoms. The number of benzene rings is 2. The van der Waals surface area contributed by atoms with Crippen molar-refractivity contribution in [3.63, 3.8) is 0 Å². The predicted octanol–water partition coefficient (Wildman–Crippen LogP) is 5.66. The van der Waals surface area contributed by atoms with E-state index < -0.39 is 54.5 Å². The van der Waals surface area contributed by atoms with Crippen molar-refractivity contribution < 1.29 is 52.7 Å². The highest BCUT2D eigenvalue weighted by molar-refractivity contribution is 5.75. The molecule has 0 aliphatic carbocycles. The second kappa shape index (κ2) is 16.1. The number of aliphatic carboxylic acids is 1. The van der Waals surface area contributed by atoms with Crippen LogP contribution in [0.1, 0.15) is 58.9 Å². The van der Waals surface area contributed by atoms with Crippen LogP contribution in [0.25, 0.3) is 0 Å². The molecular weight excluding hydrogens is 538 g/mol. The van der Waals surface area contributed by atoms with Gasteiger partial charge in [0, 0.05) is 5.92 Å². The first kappa shape index (κ1) is 32.9. The second-order valence-corrected chi connectivity index (χ2v) is 9.43. The number of carbonyl (C=O) groups excluding carboxylic acids is 3. The van der Waals surface area contributed by atoms with E-state index in [1.54, 1.807) is 51.1 Å². The number of rotatable bonds is 13. The van der Waals surface area contributed by atoms with Crippen molar-refractivity contribution in [1.82, 2.24) is 0 Å². The number of ether oxygens (including phenoxy) is 6. The molecule has 0 fully saturated rings. The Bertz CT molecular complexity index is 1170. The van der Waals surface area contributed by atoms with E-state index in [4.69, 9.17) is 34.2 Å². The van der Waals surface area contributed by atoms with Crippen molar-refractivity contribution >= 4 is 24.4 Å². The molecule has 0 heterocycles. The Labute approximate surface area is 238 Å². The highest BCUT2D eigenvalue weighted by Gasteiger charge is 2.33. The van der Waals surface area contributed by atoms with E-state index in [2.05, 4.69) is 0 Å². The quantitative estimate of drug-likeness (QED) is 0.171. The van der Waals surface area contributed by atoms with Crippen molar-refractivity contribution in [2.45, 2.75) is 71.6 Å². The van der Waals surface area contributed by atoms with E-state index in [1.165, 1.54) is 18.2 Å². The summed E-state index contributed by atoms with van der Waals surface area (Å²) in [7, 11) is 0. The molecule has 2 aromatic carbocycles. The zero-order chi connectivity index (χ0) is 30.5. The first-order valence-electron chi connectivity index (χ1n) is 13.2. The van der Waals surface area contributed by atoms with Gasteiger partial charge in [-0.3, -0.25) is 4.79 Å². The van der Waals surface area contributed by atoms with E-state index in [9.17, 15) is 24.3 Å². The summed E-state index contributed by atoms with van der Waals surface area (Å²) in [6.45, 7) is 8.38. The molecular formula is C29H37NO11. The number of carbonyl (C=O) groups is 4. The molecule has 12 heteroatoms. The van der Waals surface area contributed by atoms with Gasteiger partial charge in [-0.25, -0.2) is 14.4 Å². The fraction of sp³-hybridized carbons (Fsp3) is 0.448. The third kappa shape index (κ3) is 10.6. The van der Waals surface area contributed by atoms with Gasteiger partial charge in [-0.15, -0.1) is 0 Å². The van der Waals surface area contributed by atoms with Crippen LogP contribution in [0.15, 0.2) is 48.5 Å². The average molecular weight is 576 g/mol. The van der Waals surface area contributed by atoms with Crippen LogP contribution in [0.2, 0.25) is 0 Å². The van der Waals surface area contributed by atoms with Gasteiger partial charge in [0.2, 0.25) is 0 Å². The summed E-state index contributed by atoms with van der Waals surface area (Å²) in [6, 6.07) is 10.9. The van der Waals surface area contributed by atoms with Crippen LogP contribution in [0.4, 0.5) is 14.4 Å². The molecule has 0 saturated heterocycles. The molecule has 2 rings (SSSR count). The maximum absolute atomic E-state index is 12.4. The standard InChI is InChI=1S/C29H37NO11/c1-6-18(4)37-28(34)40-22-14-13-20(15-23(22)41-29(35)38-19(5)7-2)24(25(30)26(31)32)17(3)16-36-27(33)39-21-11-9-8-10-12-21/h8-15,17-19,24-25H,6-7,16,30H2,1-5H3,(H,31,32)/t17?,18?,19?,24?,25-/m0/s1. The minimum atomic E-state index is -1.44. The molecule has 3 N–H and O–H groups in total. The number of hydrogen-bond donors (Lipinski definition) is 2. The zero-order valence-corrected chi connectivity index (χ0v) is 23.7. The molecule has 0 radical (unpaired) electrons. The monoisotopic (exact) mass is 575 g/mol. The SMILES string of the molecule is CCC(C)OC(=O)Oc1ccc(C(C(C)COC(=O)Oc2ccccc2)[C@H](N)C(=O)O)cc1OC(=O)OC(C)CC. The van der Waals surface area contributed by atoms with Gasteiger partial charge < -0.3 is 39.3 Å². The van der Waals surface area contributed by atoms with Gasteiger partial charge in [0.05, 0.1) is 6.61 Å². The van der Waals surface area contributed by atoms with Crippen molar-refractivity contribution in [1.29, 1.82) is 0 Å². The van der Waals surface area contributed by atoms with E-state index >= 15 is 0 Å². The number of carboxylic acids is 1. The van der Waals surface area contributed by atoms with Gasteiger partial charge >= 0.3 is 24.4 Å². The summed E-state index contributed by atoms with van der Waals surface area (Å²) in [5, 5.41) is 9.71. The largest absolute Gasteiger partial charge is 0.514 e. The number of para-hydroxylation sites is 1. The number of carboxylic acid groups (broad SMARTS) is 1. The molecule has 0 aliphatic heterocycles. The van der Waals surface area contributed by atoms with E-state index in [-0.39, 0.29) is 23.9 Å². The molecule has 5 atom stereocenters. The highest BCUT2D eigenvalue weighted by atomic mass is 16.8. The van der Waals surface area contributed by atoms with Crippen molar-refractivity contribution in [2.24, 2.45) is 11.7 Å². The third-order valence-corrected chi connectivity index (χ3v) is 6.18. The van der Waals surface area contributed by atoms with Gasteiger partial charge in [0.15, 0.2) is 11.5 Å². The summed E-state index contributed by atoms with van der Waals surface area (Å²) in [5.41, 5.74) is 6.35. The Morgan fingerprint density at radius 1 is 0.780 bits per heavy atom. The maximum atomic E-state index is 12.4. The van der Waals surface area contributed by atoms with Crippen molar-refractivity contribution in [3.8, 4) is 17.2 Å². The fourth-order valence-corrected chi connectivity index (χ4v) is 3.58. The Morgan fingerprint density at radius 3 is 1.88 bits per heavy atom. The first-order valence-corrected chi connectivity index (χ1v) is 13.2. The van der Waals surface area contributed by atoms with Gasteiger partial charge in [-0.1, -0.05) is 45.0 Å². The average Bonchev–Trinajstić information content (AvgIpc) is 2.93. The molecule has 2 aromatic rings. The lowest BCUT2D eigenvalue weighted by molar-refractivity contribution is -0.139. The lowest BCUT2D eigenvalue weighted by atomic mass is 9.82. The normalized spacial score (nSPS) is 14.4. The Kier molecular flexibility index (Phi) is 12.9. The first-order chi connectivity index (χ1) is 19.4. The molecule has 0 amide bonds. The minimum Gasteiger partial charge on any atom is -0.480 e. The van der Waals surface area contributed by atoms with Crippen LogP contribution in [0, 0.1) is 5.92 Å². The van der Waals surface area contributed by atoms with Gasteiger partial charge in [-0.05, 0) is 62.4 Å². The summed E-state index contributed by atoms with van der Waals surface area (Å²) in [6.07, 6.45) is -2.86. The molecule has 12 nitrogen and oxygen atoms in total. The summed E-state index contributed by atoms with van der Waals surface area (Å²) >= 11 is 0. The topological polar surface area (TPSA) is 170 Å². The molecule has 0 aliphatic rings. The molecule has 0 saturated carbocycles. The smallest absolute Gasteiger partial charge is 0.480 e. The lowest BCUT2D eigenvalue weighted by Gasteiger charge is -2.28. The minimum absolute atomic E-state index is 0.166. The van der Waals surface area contributed by atoms with Crippen LogP contribution in [-0.2, 0) is 19.0 Å². The third-order valence-electron chi connectivity index (χ3n) is 6.18. The maximum Gasteiger partial charge on any atom is 0.514 e. The second-order valence-electron chi connectivity index (χ2n) is 9.43.